The predicted octanol–water partition coefficient (Wildman–Crippen LogP) is 5.41. The van der Waals surface area contributed by atoms with E-state index in [-0.39, 0.29) is 25.2 Å². The Kier molecular flexibility index (Phi) is 9.89. The van der Waals surface area contributed by atoms with Crippen LogP contribution in [0.2, 0.25) is 0 Å². The van der Waals surface area contributed by atoms with Crippen molar-refractivity contribution in [2.45, 2.75) is 89.6 Å². The molecular formula is C24H34O5. The van der Waals surface area contributed by atoms with Gasteiger partial charge in [-0.3, -0.25) is 9.59 Å². The van der Waals surface area contributed by atoms with E-state index >= 15 is 0 Å². The summed E-state index contributed by atoms with van der Waals surface area (Å²) in [5.41, 5.74) is -0.572. The largest absolute Gasteiger partial charge is 0.458 e. The molecular weight excluding hydrogens is 368 g/mol. The second kappa shape index (κ2) is 12.4. The van der Waals surface area contributed by atoms with Crippen molar-refractivity contribution in [3.8, 4) is 0 Å². The highest BCUT2D eigenvalue weighted by molar-refractivity contribution is 5.98. The molecule has 160 valence electrons. The quantitative estimate of drug-likeness (QED) is 0.251. The molecule has 1 saturated heterocycles. The van der Waals surface area contributed by atoms with Gasteiger partial charge in [0, 0.05) is 0 Å². The summed E-state index contributed by atoms with van der Waals surface area (Å²) in [6.45, 7) is 2.14. The van der Waals surface area contributed by atoms with Gasteiger partial charge in [0.2, 0.25) is 0 Å². The number of ether oxygens (including phenoxy) is 2. The summed E-state index contributed by atoms with van der Waals surface area (Å²) in [5, 5.41) is 0. The van der Waals surface area contributed by atoms with Crippen LogP contribution in [0.25, 0.3) is 0 Å². The molecule has 1 aliphatic rings. The highest BCUT2D eigenvalue weighted by atomic mass is 16.6. The van der Waals surface area contributed by atoms with Gasteiger partial charge in [0.1, 0.15) is 18.8 Å². The number of carbonyl (C=O) groups is 3. The average Bonchev–Trinajstić information content (AvgIpc) is 2.71. The fourth-order valence-electron chi connectivity index (χ4n) is 3.80. The van der Waals surface area contributed by atoms with Gasteiger partial charge in [-0.05, 0) is 25.0 Å². The van der Waals surface area contributed by atoms with Crippen LogP contribution in [-0.4, -0.2) is 29.9 Å². The van der Waals surface area contributed by atoms with E-state index < -0.39 is 17.5 Å². The number of cyclic esters (lactones) is 1. The molecule has 0 saturated carbocycles. The van der Waals surface area contributed by atoms with Crippen molar-refractivity contribution < 1.29 is 23.9 Å². The van der Waals surface area contributed by atoms with Crippen molar-refractivity contribution in [1.82, 2.24) is 0 Å². The van der Waals surface area contributed by atoms with Crippen LogP contribution >= 0.6 is 0 Å². The van der Waals surface area contributed by atoms with E-state index in [1.807, 2.05) is 6.07 Å². The molecule has 0 N–H and O–H groups in total. The summed E-state index contributed by atoms with van der Waals surface area (Å²) in [6, 6.07) is 8.70. The van der Waals surface area contributed by atoms with E-state index in [0.717, 1.165) is 19.3 Å². The number of rotatable bonds is 13. The second-order valence-electron chi connectivity index (χ2n) is 8.07. The first-order valence-electron chi connectivity index (χ1n) is 11.0. The maximum atomic E-state index is 12.3. The molecule has 1 aromatic rings. The van der Waals surface area contributed by atoms with Crippen LogP contribution in [0.1, 0.15) is 94.3 Å². The van der Waals surface area contributed by atoms with E-state index in [2.05, 4.69) is 6.92 Å². The van der Waals surface area contributed by atoms with Gasteiger partial charge in [-0.1, -0.05) is 76.5 Å². The lowest BCUT2D eigenvalue weighted by Crippen LogP contribution is -2.46. The van der Waals surface area contributed by atoms with Crippen molar-refractivity contribution in [2.75, 3.05) is 6.61 Å². The van der Waals surface area contributed by atoms with Crippen molar-refractivity contribution in [3.05, 3.63) is 35.9 Å². The van der Waals surface area contributed by atoms with E-state index in [1.54, 1.807) is 24.3 Å². The average molecular weight is 403 g/mol. The summed E-state index contributed by atoms with van der Waals surface area (Å²) in [4.78, 5) is 36.2. The SMILES string of the molecule is CCCCCCCCCCC[C@]1(COC(=O)c2ccccc2)CC(=O)CC(=O)O1. The maximum Gasteiger partial charge on any atom is 0.338 e. The van der Waals surface area contributed by atoms with Gasteiger partial charge in [-0.2, -0.15) is 0 Å². The molecule has 0 amide bonds. The highest BCUT2D eigenvalue weighted by Gasteiger charge is 2.42. The van der Waals surface area contributed by atoms with E-state index in [1.165, 1.54) is 38.5 Å². The Bertz CT molecular complexity index is 636. The molecule has 0 unspecified atom stereocenters. The summed E-state index contributed by atoms with van der Waals surface area (Å²) in [6.07, 6.45) is 11.1. The van der Waals surface area contributed by atoms with Crippen LogP contribution in [0.4, 0.5) is 0 Å². The molecule has 0 spiro atoms. The Hall–Kier alpha value is -2.17. The molecule has 0 aliphatic carbocycles. The van der Waals surface area contributed by atoms with Crippen molar-refractivity contribution >= 4 is 17.7 Å². The van der Waals surface area contributed by atoms with Crippen molar-refractivity contribution in [1.29, 1.82) is 0 Å². The summed E-state index contributed by atoms with van der Waals surface area (Å²) in [5.74, 6) is -1.13. The van der Waals surface area contributed by atoms with Crippen LogP contribution in [0, 0.1) is 0 Å². The Morgan fingerprint density at radius 2 is 1.59 bits per heavy atom. The first kappa shape index (κ1) is 23.1. The van der Waals surface area contributed by atoms with Crippen LogP contribution in [0.5, 0.6) is 0 Å². The van der Waals surface area contributed by atoms with Gasteiger partial charge in [-0.25, -0.2) is 4.79 Å². The predicted molar refractivity (Wildman–Crippen MR) is 112 cm³/mol. The number of Topliss-reactive ketones (excluding diaryl/α,β-unsaturated/α-hetero) is 1. The molecule has 1 aliphatic heterocycles. The minimum atomic E-state index is -1.02. The van der Waals surface area contributed by atoms with E-state index in [0.29, 0.717) is 12.0 Å². The maximum absolute atomic E-state index is 12.3. The fraction of sp³-hybridized carbons (Fsp3) is 0.625. The number of benzene rings is 1. The third-order valence-electron chi connectivity index (χ3n) is 5.40. The van der Waals surface area contributed by atoms with Crippen LogP contribution < -0.4 is 0 Å². The van der Waals surface area contributed by atoms with Crippen LogP contribution in [0.3, 0.4) is 0 Å². The molecule has 0 aromatic heterocycles. The van der Waals surface area contributed by atoms with Crippen molar-refractivity contribution in [2.24, 2.45) is 0 Å². The number of unbranched alkanes of at least 4 members (excludes halogenated alkanes) is 8. The molecule has 0 radical (unpaired) electrons. The number of carbonyl (C=O) groups excluding carboxylic acids is 3. The lowest BCUT2D eigenvalue weighted by atomic mass is 9.88. The molecule has 5 nitrogen and oxygen atoms in total. The van der Waals surface area contributed by atoms with Gasteiger partial charge in [0.05, 0.1) is 12.0 Å². The van der Waals surface area contributed by atoms with E-state index in [9.17, 15) is 14.4 Å². The summed E-state index contributed by atoms with van der Waals surface area (Å²) < 4.78 is 11.0. The number of hydrogen-bond acceptors (Lipinski definition) is 5. The second-order valence-corrected chi connectivity index (χ2v) is 8.07. The Labute approximate surface area is 174 Å². The minimum Gasteiger partial charge on any atom is -0.458 e. The molecule has 2 rings (SSSR count). The zero-order chi connectivity index (χ0) is 21.0. The Morgan fingerprint density at radius 1 is 0.966 bits per heavy atom. The zero-order valence-electron chi connectivity index (χ0n) is 17.6. The Balaban J connectivity index is 1.81. The number of hydrogen-bond donors (Lipinski definition) is 0. The van der Waals surface area contributed by atoms with Crippen LogP contribution in [-0.2, 0) is 19.1 Å². The monoisotopic (exact) mass is 402 g/mol. The lowest BCUT2D eigenvalue weighted by molar-refractivity contribution is -0.176. The van der Waals surface area contributed by atoms with Crippen molar-refractivity contribution in [3.63, 3.8) is 0 Å². The topological polar surface area (TPSA) is 69.7 Å². The first-order valence-corrected chi connectivity index (χ1v) is 11.0. The van der Waals surface area contributed by atoms with Crippen LogP contribution in [0.15, 0.2) is 30.3 Å². The highest BCUT2D eigenvalue weighted by Crippen LogP contribution is 2.30. The smallest absolute Gasteiger partial charge is 0.338 e. The molecule has 29 heavy (non-hydrogen) atoms. The minimum absolute atomic E-state index is 0.0742. The lowest BCUT2D eigenvalue weighted by Gasteiger charge is -2.35. The molecule has 5 heteroatoms. The van der Waals surface area contributed by atoms with Gasteiger partial charge >= 0.3 is 11.9 Å². The van der Waals surface area contributed by atoms with Gasteiger partial charge < -0.3 is 9.47 Å². The molecule has 1 fully saturated rings. The third-order valence-corrected chi connectivity index (χ3v) is 5.40. The summed E-state index contributed by atoms with van der Waals surface area (Å²) >= 11 is 0. The molecule has 0 bridgehead atoms. The molecule has 1 atom stereocenters. The van der Waals surface area contributed by atoms with E-state index in [4.69, 9.17) is 9.47 Å². The summed E-state index contributed by atoms with van der Waals surface area (Å²) in [7, 11) is 0. The first-order chi connectivity index (χ1) is 14.0. The number of esters is 2. The van der Waals surface area contributed by atoms with Gasteiger partial charge in [0.25, 0.3) is 0 Å². The molecule has 1 heterocycles. The Morgan fingerprint density at radius 3 is 2.21 bits per heavy atom. The van der Waals surface area contributed by atoms with Gasteiger partial charge in [-0.15, -0.1) is 0 Å². The zero-order valence-corrected chi connectivity index (χ0v) is 17.6. The van der Waals surface area contributed by atoms with Gasteiger partial charge in [0.15, 0.2) is 5.60 Å². The standard InChI is InChI=1S/C24H34O5/c1-2-3-4-5-6-7-8-9-13-16-24(18-21(25)17-22(26)29-24)19-28-23(27)20-14-11-10-12-15-20/h10-12,14-15H,2-9,13,16-19H2,1H3/t24-/m1/s1. The molecule has 1 aromatic carbocycles. The third kappa shape index (κ3) is 8.38. The fourth-order valence-corrected chi connectivity index (χ4v) is 3.80. The normalized spacial score (nSPS) is 19.1. The number of ketones is 1.